The summed E-state index contributed by atoms with van der Waals surface area (Å²) < 4.78 is 0. The summed E-state index contributed by atoms with van der Waals surface area (Å²) in [7, 11) is 0. The molecule has 3 nitrogen and oxygen atoms in total. The molecule has 1 amide bonds. The third-order valence-electron chi connectivity index (χ3n) is 3.45. The maximum atomic E-state index is 12.0. The van der Waals surface area contributed by atoms with Crippen molar-refractivity contribution >= 4 is 33.4 Å². The van der Waals surface area contributed by atoms with Gasteiger partial charge in [0.2, 0.25) is 5.91 Å². The molecule has 2 N–H and O–H groups in total. The van der Waals surface area contributed by atoms with Crippen molar-refractivity contribution in [3.63, 3.8) is 0 Å². The van der Waals surface area contributed by atoms with Crippen LogP contribution >= 0.6 is 0 Å². The lowest BCUT2D eigenvalue weighted by Gasteiger charge is -2.17. The van der Waals surface area contributed by atoms with Crippen molar-refractivity contribution < 1.29 is 4.79 Å². The first-order valence-electron chi connectivity index (χ1n) is 6.77. The number of anilines is 1. The standard InChI is InChI=1S/C17H18N2O/c1-17(2,3)16(20)18-11-8-9-13-12-6-4-5-7-14(12)19-15(13)10-11/h4-10,19H,1-3H3,(H,18,20). The molecule has 3 aromatic rings. The van der Waals surface area contributed by atoms with Crippen LogP contribution in [0.2, 0.25) is 0 Å². The Balaban J connectivity index is 2.03. The first-order valence-corrected chi connectivity index (χ1v) is 6.77. The molecule has 0 aliphatic carbocycles. The second-order valence-electron chi connectivity index (χ2n) is 6.14. The molecule has 20 heavy (non-hydrogen) atoms. The summed E-state index contributed by atoms with van der Waals surface area (Å²) in [6.07, 6.45) is 0. The number of nitrogens with one attached hydrogen (secondary N) is 2. The summed E-state index contributed by atoms with van der Waals surface area (Å²) in [5.74, 6) is 0.0213. The van der Waals surface area contributed by atoms with Gasteiger partial charge in [0, 0.05) is 32.9 Å². The maximum Gasteiger partial charge on any atom is 0.229 e. The smallest absolute Gasteiger partial charge is 0.229 e. The average Bonchev–Trinajstić information content (AvgIpc) is 2.75. The highest BCUT2D eigenvalue weighted by molar-refractivity contribution is 6.08. The Kier molecular flexibility index (Phi) is 2.78. The molecule has 1 heterocycles. The number of hydrogen-bond acceptors (Lipinski definition) is 1. The summed E-state index contributed by atoms with van der Waals surface area (Å²) in [5, 5.41) is 5.34. The SMILES string of the molecule is CC(C)(C)C(=O)Nc1ccc2c(c1)[nH]c1ccccc12. The topological polar surface area (TPSA) is 44.9 Å². The van der Waals surface area contributed by atoms with Crippen LogP contribution in [0.15, 0.2) is 42.5 Å². The summed E-state index contributed by atoms with van der Waals surface area (Å²) in [6, 6.07) is 14.2. The fourth-order valence-corrected chi connectivity index (χ4v) is 2.25. The number of hydrogen-bond donors (Lipinski definition) is 2. The number of rotatable bonds is 1. The first-order chi connectivity index (χ1) is 9.45. The fraction of sp³-hybridized carbons (Fsp3) is 0.235. The molecular weight excluding hydrogens is 248 g/mol. The van der Waals surface area contributed by atoms with Gasteiger partial charge >= 0.3 is 0 Å². The molecular formula is C17H18N2O. The summed E-state index contributed by atoms with van der Waals surface area (Å²) in [4.78, 5) is 15.4. The molecule has 3 rings (SSSR count). The summed E-state index contributed by atoms with van der Waals surface area (Å²) in [5.41, 5.74) is 2.58. The van der Waals surface area contributed by atoms with Gasteiger partial charge in [0.05, 0.1) is 0 Å². The second-order valence-corrected chi connectivity index (χ2v) is 6.14. The van der Waals surface area contributed by atoms with E-state index in [-0.39, 0.29) is 5.91 Å². The van der Waals surface area contributed by atoms with Gasteiger partial charge in [0.15, 0.2) is 0 Å². The minimum atomic E-state index is -0.393. The molecule has 0 radical (unpaired) electrons. The number of aromatic amines is 1. The van der Waals surface area contributed by atoms with Crippen LogP contribution in [0.4, 0.5) is 5.69 Å². The van der Waals surface area contributed by atoms with Crippen molar-refractivity contribution in [2.45, 2.75) is 20.8 Å². The largest absolute Gasteiger partial charge is 0.354 e. The number of carbonyl (C=O) groups excluding carboxylic acids is 1. The van der Waals surface area contributed by atoms with Crippen LogP contribution in [-0.2, 0) is 4.79 Å². The predicted molar refractivity (Wildman–Crippen MR) is 83.9 cm³/mol. The van der Waals surface area contributed by atoms with Gasteiger partial charge in [0.1, 0.15) is 0 Å². The van der Waals surface area contributed by atoms with Crippen LogP contribution in [0.1, 0.15) is 20.8 Å². The van der Waals surface area contributed by atoms with E-state index < -0.39 is 5.41 Å². The van der Waals surface area contributed by atoms with Gasteiger partial charge in [-0.3, -0.25) is 4.79 Å². The van der Waals surface area contributed by atoms with Gasteiger partial charge in [-0.25, -0.2) is 0 Å². The number of para-hydroxylation sites is 1. The Labute approximate surface area is 118 Å². The average molecular weight is 266 g/mol. The van der Waals surface area contributed by atoms with E-state index in [9.17, 15) is 4.79 Å². The predicted octanol–water partition coefficient (Wildman–Crippen LogP) is 4.31. The van der Waals surface area contributed by atoms with Crippen molar-refractivity contribution in [3.05, 3.63) is 42.5 Å². The number of aromatic nitrogens is 1. The van der Waals surface area contributed by atoms with Gasteiger partial charge in [-0.2, -0.15) is 0 Å². The van der Waals surface area contributed by atoms with Gasteiger partial charge < -0.3 is 10.3 Å². The van der Waals surface area contributed by atoms with E-state index in [0.29, 0.717) is 0 Å². The summed E-state index contributed by atoms with van der Waals surface area (Å²) in [6.45, 7) is 5.72. The van der Waals surface area contributed by atoms with Crippen molar-refractivity contribution in [2.24, 2.45) is 5.41 Å². The highest BCUT2D eigenvalue weighted by Gasteiger charge is 2.21. The highest BCUT2D eigenvalue weighted by Crippen LogP contribution is 2.28. The molecule has 2 aromatic carbocycles. The Hall–Kier alpha value is -2.29. The summed E-state index contributed by atoms with van der Waals surface area (Å²) >= 11 is 0. The fourth-order valence-electron chi connectivity index (χ4n) is 2.25. The number of benzene rings is 2. The van der Waals surface area contributed by atoms with Crippen LogP contribution in [0, 0.1) is 5.41 Å². The molecule has 3 heteroatoms. The van der Waals surface area contributed by atoms with Crippen LogP contribution in [-0.4, -0.2) is 10.9 Å². The van der Waals surface area contributed by atoms with Crippen LogP contribution in [0.3, 0.4) is 0 Å². The Morgan fingerprint density at radius 1 is 1.00 bits per heavy atom. The second kappa shape index (κ2) is 4.37. The lowest BCUT2D eigenvalue weighted by Crippen LogP contribution is -2.27. The number of H-pyrrole nitrogens is 1. The highest BCUT2D eigenvalue weighted by atomic mass is 16.2. The molecule has 0 fully saturated rings. The normalized spacial score (nSPS) is 11.9. The van der Waals surface area contributed by atoms with E-state index in [0.717, 1.165) is 16.7 Å². The zero-order chi connectivity index (χ0) is 14.3. The Bertz CT molecular complexity index is 793. The molecule has 0 saturated carbocycles. The van der Waals surface area contributed by atoms with Gasteiger partial charge in [-0.05, 0) is 18.2 Å². The van der Waals surface area contributed by atoms with E-state index in [1.165, 1.54) is 10.8 Å². The third-order valence-corrected chi connectivity index (χ3v) is 3.45. The number of amides is 1. The number of fused-ring (bicyclic) bond motifs is 3. The zero-order valence-corrected chi connectivity index (χ0v) is 11.9. The Morgan fingerprint density at radius 3 is 2.45 bits per heavy atom. The van der Waals surface area contributed by atoms with Gasteiger partial charge in [-0.1, -0.05) is 45.0 Å². The van der Waals surface area contributed by atoms with Crippen molar-refractivity contribution in [2.75, 3.05) is 5.32 Å². The van der Waals surface area contributed by atoms with E-state index in [4.69, 9.17) is 0 Å². The molecule has 0 aliphatic heterocycles. The Morgan fingerprint density at radius 2 is 1.70 bits per heavy atom. The van der Waals surface area contributed by atoms with Crippen LogP contribution in [0.25, 0.3) is 21.8 Å². The molecule has 1 aromatic heterocycles. The third kappa shape index (κ3) is 2.16. The molecule has 0 bridgehead atoms. The molecule has 0 atom stereocenters. The lowest BCUT2D eigenvalue weighted by atomic mass is 9.95. The minimum absolute atomic E-state index is 0.0213. The van der Waals surface area contributed by atoms with Gasteiger partial charge in [0.25, 0.3) is 0 Å². The van der Waals surface area contributed by atoms with E-state index >= 15 is 0 Å². The van der Waals surface area contributed by atoms with Crippen LogP contribution in [0.5, 0.6) is 0 Å². The molecule has 0 saturated heterocycles. The minimum Gasteiger partial charge on any atom is -0.354 e. The quantitative estimate of drug-likeness (QED) is 0.677. The molecule has 0 unspecified atom stereocenters. The van der Waals surface area contributed by atoms with E-state index in [2.05, 4.69) is 22.4 Å². The van der Waals surface area contributed by atoms with Crippen molar-refractivity contribution in [3.8, 4) is 0 Å². The van der Waals surface area contributed by atoms with Gasteiger partial charge in [-0.15, -0.1) is 0 Å². The van der Waals surface area contributed by atoms with Crippen molar-refractivity contribution in [1.82, 2.24) is 4.98 Å². The van der Waals surface area contributed by atoms with Crippen LogP contribution < -0.4 is 5.32 Å². The number of carbonyl (C=O) groups is 1. The first kappa shape index (κ1) is 12.7. The van der Waals surface area contributed by atoms with E-state index in [1.54, 1.807) is 0 Å². The molecule has 102 valence electrons. The monoisotopic (exact) mass is 266 g/mol. The zero-order valence-electron chi connectivity index (χ0n) is 11.9. The molecule has 0 spiro atoms. The van der Waals surface area contributed by atoms with E-state index in [1.807, 2.05) is 51.1 Å². The van der Waals surface area contributed by atoms with Crippen molar-refractivity contribution in [1.29, 1.82) is 0 Å². The molecule has 0 aliphatic rings. The lowest BCUT2D eigenvalue weighted by molar-refractivity contribution is -0.123. The maximum absolute atomic E-state index is 12.0.